The second-order valence-corrected chi connectivity index (χ2v) is 7.01. The average molecular weight is 394 g/mol. The molecule has 2 aromatic rings. The van der Waals surface area contributed by atoms with Crippen molar-refractivity contribution in [2.75, 3.05) is 13.2 Å². The van der Waals surface area contributed by atoms with Gasteiger partial charge in [-0.15, -0.1) is 0 Å². The lowest BCUT2D eigenvalue weighted by molar-refractivity contribution is -0.137. The maximum Gasteiger partial charge on any atom is 0.343 e. The van der Waals surface area contributed by atoms with Crippen molar-refractivity contribution in [3.8, 4) is 5.69 Å². The van der Waals surface area contributed by atoms with E-state index < -0.39 is 5.97 Å². The molecule has 8 heteroatoms. The van der Waals surface area contributed by atoms with Crippen molar-refractivity contribution in [2.45, 2.75) is 39.2 Å². The van der Waals surface area contributed by atoms with Crippen molar-refractivity contribution in [1.82, 2.24) is 14.7 Å². The van der Waals surface area contributed by atoms with Crippen LogP contribution in [0, 0.1) is 12.7 Å². The number of benzene rings is 1. The number of hydrogen-bond donors (Lipinski definition) is 0. The van der Waals surface area contributed by atoms with E-state index >= 15 is 0 Å². The summed E-state index contributed by atoms with van der Waals surface area (Å²) in [6.07, 6.45) is 3.01. The number of carbonyl (C=O) groups is 2. The minimum atomic E-state index is -0.705. The predicted octanol–water partition coefficient (Wildman–Crippen LogP) is 3.53. The third-order valence-corrected chi connectivity index (χ3v) is 5.08. The lowest BCUT2D eigenvalue weighted by Gasteiger charge is -2.33. The summed E-state index contributed by atoms with van der Waals surface area (Å²) >= 11 is 6.30. The molecule has 0 saturated carbocycles. The Morgan fingerprint density at radius 3 is 2.67 bits per heavy atom. The van der Waals surface area contributed by atoms with Crippen LogP contribution in [-0.4, -0.2) is 45.8 Å². The van der Waals surface area contributed by atoms with Crippen molar-refractivity contribution in [2.24, 2.45) is 0 Å². The first-order chi connectivity index (χ1) is 12.9. The second-order valence-electron chi connectivity index (χ2n) is 6.65. The van der Waals surface area contributed by atoms with Gasteiger partial charge in [-0.2, -0.15) is 5.10 Å². The van der Waals surface area contributed by atoms with Gasteiger partial charge in [-0.3, -0.25) is 4.79 Å². The summed E-state index contributed by atoms with van der Waals surface area (Å²) in [6, 6.07) is 5.71. The van der Waals surface area contributed by atoms with E-state index in [-0.39, 0.29) is 35.1 Å². The number of rotatable bonds is 4. The van der Waals surface area contributed by atoms with E-state index in [9.17, 15) is 14.0 Å². The molecule has 27 heavy (non-hydrogen) atoms. The molecule has 1 aromatic carbocycles. The molecule has 1 aromatic heterocycles. The summed E-state index contributed by atoms with van der Waals surface area (Å²) in [5.41, 5.74) is 0.982. The van der Waals surface area contributed by atoms with Gasteiger partial charge in [0.15, 0.2) is 6.61 Å². The first kappa shape index (κ1) is 19.4. The van der Waals surface area contributed by atoms with Crippen LogP contribution >= 0.6 is 11.6 Å². The van der Waals surface area contributed by atoms with Gasteiger partial charge in [-0.25, -0.2) is 13.9 Å². The Bertz CT molecular complexity index is 851. The molecule has 1 atom stereocenters. The van der Waals surface area contributed by atoms with E-state index in [1.54, 1.807) is 11.8 Å². The summed E-state index contributed by atoms with van der Waals surface area (Å²) in [5.74, 6) is -1.30. The van der Waals surface area contributed by atoms with E-state index in [0.29, 0.717) is 17.9 Å². The predicted molar refractivity (Wildman–Crippen MR) is 98.6 cm³/mol. The highest BCUT2D eigenvalue weighted by Crippen LogP contribution is 2.24. The number of aromatic nitrogens is 2. The highest BCUT2D eigenvalue weighted by molar-refractivity contribution is 6.33. The Morgan fingerprint density at radius 2 is 2.00 bits per heavy atom. The maximum atomic E-state index is 13.1. The molecule has 1 aliphatic rings. The lowest BCUT2D eigenvalue weighted by atomic mass is 10.0. The standard InChI is InChI=1S/C19H21ClFN3O3/c1-12-5-3-4-10-23(12)16(25)11-27-19(26)17-13(2)22-24(18(17)20)15-8-6-14(21)7-9-15/h6-9,12H,3-5,10-11H2,1-2H3/t12-/m1/s1. The zero-order valence-electron chi connectivity index (χ0n) is 15.2. The number of esters is 1. The fraction of sp³-hybridized carbons (Fsp3) is 0.421. The van der Waals surface area contributed by atoms with Gasteiger partial charge in [0.05, 0.1) is 11.4 Å². The van der Waals surface area contributed by atoms with Crippen molar-refractivity contribution in [3.05, 3.63) is 46.5 Å². The smallest absolute Gasteiger partial charge is 0.343 e. The van der Waals surface area contributed by atoms with E-state index in [1.807, 2.05) is 6.92 Å². The van der Waals surface area contributed by atoms with Gasteiger partial charge in [-0.05, 0) is 57.4 Å². The van der Waals surface area contributed by atoms with E-state index in [1.165, 1.54) is 28.9 Å². The molecule has 0 aliphatic carbocycles. The van der Waals surface area contributed by atoms with E-state index in [4.69, 9.17) is 16.3 Å². The van der Waals surface area contributed by atoms with Gasteiger partial charge in [0, 0.05) is 12.6 Å². The number of likely N-dealkylation sites (tertiary alicyclic amines) is 1. The number of ether oxygens (including phenoxy) is 1. The first-order valence-electron chi connectivity index (χ1n) is 8.86. The Hall–Kier alpha value is -2.41. The third-order valence-electron chi connectivity index (χ3n) is 4.73. The second kappa shape index (κ2) is 8.08. The Balaban J connectivity index is 1.71. The van der Waals surface area contributed by atoms with Crippen LogP contribution in [0.3, 0.4) is 0 Å². The van der Waals surface area contributed by atoms with Crippen LogP contribution in [0.15, 0.2) is 24.3 Å². The zero-order chi connectivity index (χ0) is 19.6. The molecule has 144 valence electrons. The molecule has 0 radical (unpaired) electrons. The van der Waals surface area contributed by atoms with Crippen molar-refractivity contribution in [3.63, 3.8) is 0 Å². The Labute approximate surface area is 161 Å². The third kappa shape index (κ3) is 4.13. The van der Waals surface area contributed by atoms with Crippen LogP contribution in [0.1, 0.15) is 42.2 Å². The average Bonchev–Trinajstić information content (AvgIpc) is 2.95. The monoisotopic (exact) mass is 393 g/mol. The number of nitrogens with zero attached hydrogens (tertiary/aromatic N) is 3. The quantitative estimate of drug-likeness (QED) is 0.745. The molecule has 3 rings (SSSR count). The number of halogens is 2. The number of hydrogen-bond acceptors (Lipinski definition) is 4. The van der Waals surface area contributed by atoms with Crippen molar-refractivity contribution < 1.29 is 18.7 Å². The van der Waals surface area contributed by atoms with Crippen LogP contribution < -0.4 is 0 Å². The Morgan fingerprint density at radius 1 is 1.30 bits per heavy atom. The molecule has 0 spiro atoms. The van der Waals surface area contributed by atoms with Crippen molar-refractivity contribution >= 4 is 23.5 Å². The highest BCUT2D eigenvalue weighted by Gasteiger charge is 2.26. The normalized spacial score (nSPS) is 17.0. The first-order valence-corrected chi connectivity index (χ1v) is 9.24. The molecular formula is C19H21ClFN3O3. The SMILES string of the molecule is Cc1nn(-c2ccc(F)cc2)c(Cl)c1C(=O)OCC(=O)N1CCCC[C@H]1C. The van der Waals surface area contributed by atoms with Gasteiger partial charge in [0.1, 0.15) is 16.5 Å². The van der Waals surface area contributed by atoms with Gasteiger partial charge < -0.3 is 9.64 Å². The van der Waals surface area contributed by atoms with Crippen LogP contribution in [0.5, 0.6) is 0 Å². The molecule has 0 unspecified atom stereocenters. The molecule has 0 bridgehead atoms. The largest absolute Gasteiger partial charge is 0.452 e. The van der Waals surface area contributed by atoms with Gasteiger partial charge in [-0.1, -0.05) is 11.6 Å². The summed E-state index contributed by atoms with van der Waals surface area (Å²) < 4.78 is 19.6. The number of piperidine rings is 1. The van der Waals surface area contributed by atoms with Crippen molar-refractivity contribution in [1.29, 1.82) is 0 Å². The summed E-state index contributed by atoms with van der Waals surface area (Å²) in [7, 11) is 0. The molecule has 1 amide bonds. The number of amides is 1. The minimum absolute atomic E-state index is 0.0582. The fourth-order valence-electron chi connectivity index (χ4n) is 3.24. The topological polar surface area (TPSA) is 64.4 Å². The van der Waals surface area contributed by atoms with Crippen LogP contribution in [0.4, 0.5) is 4.39 Å². The lowest BCUT2D eigenvalue weighted by Crippen LogP contribution is -2.44. The molecule has 6 nitrogen and oxygen atoms in total. The van der Waals surface area contributed by atoms with Crippen LogP contribution in [0.25, 0.3) is 5.69 Å². The summed E-state index contributed by atoms with van der Waals surface area (Å²) in [6.45, 7) is 3.96. The van der Waals surface area contributed by atoms with Crippen LogP contribution in [0.2, 0.25) is 5.15 Å². The molecule has 1 fully saturated rings. The molecule has 1 aliphatic heterocycles. The molecule has 0 N–H and O–H groups in total. The van der Waals surface area contributed by atoms with Gasteiger partial charge >= 0.3 is 5.97 Å². The molecular weight excluding hydrogens is 373 g/mol. The minimum Gasteiger partial charge on any atom is -0.452 e. The van der Waals surface area contributed by atoms with E-state index in [0.717, 1.165) is 19.3 Å². The van der Waals surface area contributed by atoms with Gasteiger partial charge in [0.2, 0.25) is 0 Å². The fourth-order valence-corrected chi connectivity index (χ4v) is 3.58. The maximum absolute atomic E-state index is 13.1. The molecule has 2 heterocycles. The Kier molecular flexibility index (Phi) is 5.79. The number of aryl methyl sites for hydroxylation is 1. The molecule has 1 saturated heterocycles. The van der Waals surface area contributed by atoms with Crippen LogP contribution in [-0.2, 0) is 9.53 Å². The number of carbonyl (C=O) groups excluding carboxylic acids is 2. The van der Waals surface area contributed by atoms with E-state index in [2.05, 4.69) is 5.10 Å². The summed E-state index contributed by atoms with van der Waals surface area (Å²) in [5, 5.41) is 4.28. The highest BCUT2D eigenvalue weighted by atomic mass is 35.5. The zero-order valence-corrected chi connectivity index (χ0v) is 16.0. The van der Waals surface area contributed by atoms with Gasteiger partial charge in [0.25, 0.3) is 5.91 Å². The summed E-state index contributed by atoms with van der Waals surface area (Å²) in [4.78, 5) is 26.5.